The third-order valence-electron chi connectivity index (χ3n) is 5.94. The minimum absolute atomic E-state index is 0.151. The third kappa shape index (κ3) is 4.67. The number of carbonyl (C=O) groups excluding carboxylic acids is 1. The molecule has 11 heteroatoms. The lowest BCUT2D eigenvalue weighted by atomic mass is 9.77. The highest BCUT2D eigenvalue weighted by molar-refractivity contribution is 6.30. The van der Waals surface area contributed by atoms with E-state index >= 15 is 0 Å². The zero-order valence-electron chi connectivity index (χ0n) is 17.4. The SMILES string of the molecule is N=NNC(=O)N(N)C1CCC2(CC1)Nc1ccccc1N=C2NNCc1cccc(Cl)c1. The normalized spacial score (nSPS) is 21.7. The number of amides is 2. The first kappa shape index (κ1) is 22.0. The number of amidine groups is 1. The number of urea groups is 1. The highest BCUT2D eigenvalue weighted by Crippen LogP contribution is 2.40. The predicted octanol–water partition coefficient (Wildman–Crippen LogP) is 3.60. The molecule has 168 valence electrons. The zero-order chi connectivity index (χ0) is 22.6. The largest absolute Gasteiger partial charge is 0.371 e. The van der Waals surface area contributed by atoms with Crippen LogP contribution in [0.4, 0.5) is 16.2 Å². The summed E-state index contributed by atoms with van der Waals surface area (Å²) in [6.07, 6.45) is 2.78. The van der Waals surface area contributed by atoms with Crippen molar-refractivity contribution in [1.29, 1.82) is 5.53 Å². The van der Waals surface area contributed by atoms with Gasteiger partial charge < -0.3 is 10.7 Å². The average molecular weight is 456 g/mol. The van der Waals surface area contributed by atoms with Crippen molar-refractivity contribution in [2.24, 2.45) is 16.1 Å². The molecule has 1 fully saturated rings. The van der Waals surface area contributed by atoms with Gasteiger partial charge in [0.2, 0.25) is 0 Å². The Hall–Kier alpha value is -3.21. The minimum atomic E-state index is -0.585. The van der Waals surface area contributed by atoms with Crippen LogP contribution in [0.3, 0.4) is 0 Å². The number of anilines is 1. The number of hydrogen-bond donors (Lipinski definition) is 6. The summed E-state index contributed by atoms with van der Waals surface area (Å²) in [7, 11) is 0. The molecule has 0 unspecified atom stereocenters. The van der Waals surface area contributed by atoms with Gasteiger partial charge in [-0.1, -0.05) is 41.1 Å². The fourth-order valence-electron chi connectivity index (χ4n) is 4.25. The first-order valence-corrected chi connectivity index (χ1v) is 10.8. The molecular weight excluding hydrogens is 430 g/mol. The molecule has 1 heterocycles. The summed E-state index contributed by atoms with van der Waals surface area (Å²) < 4.78 is 0. The van der Waals surface area contributed by atoms with Crippen LogP contribution < -0.4 is 27.4 Å². The predicted molar refractivity (Wildman–Crippen MR) is 123 cm³/mol. The standard InChI is InChI=1S/C21H26ClN9O/c22-15-5-3-4-14(12-15)13-25-28-19-21(27-18-7-2-1-6-17(18)26-19)10-8-16(9-11-21)31(24)20(32)29-30-23/h1-7,12,16,25,27H,8-11,13,24H2,(H,26,28)(H2,23,29,32). The lowest BCUT2D eigenvalue weighted by Crippen LogP contribution is -2.61. The maximum Gasteiger partial charge on any atom is 0.353 e. The molecular formula is C21H26ClN9O. The third-order valence-corrected chi connectivity index (χ3v) is 6.18. The highest BCUT2D eigenvalue weighted by atomic mass is 35.5. The first-order chi connectivity index (χ1) is 15.5. The van der Waals surface area contributed by atoms with E-state index in [1.807, 2.05) is 48.5 Å². The van der Waals surface area contributed by atoms with E-state index in [-0.39, 0.29) is 6.04 Å². The molecule has 2 aromatic rings. The number of carbonyl (C=O) groups is 1. The summed E-state index contributed by atoms with van der Waals surface area (Å²) in [6, 6.07) is 14.9. The van der Waals surface area contributed by atoms with E-state index in [1.54, 1.807) is 0 Å². The Morgan fingerprint density at radius 2 is 2.06 bits per heavy atom. The van der Waals surface area contributed by atoms with Gasteiger partial charge in [0.25, 0.3) is 0 Å². The molecule has 0 saturated heterocycles. The topological polar surface area (TPSA) is 143 Å². The van der Waals surface area contributed by atoms with Gasteiger partial charge in [-0.05, 0) is 55.5 Å². The van der Waals surface area contributed by atoms with E-state index in [4.69, 9.17) is 28.0 Å². The van der Waals surface area contributed by atoms with E-state index in [0.29, 0.717) is 24.4 Å². The maximum atomic E-state index is 11.9. The van der Waals surface area contributed by atoms with E-state index < -0.39 is 11.6 Å². The molecule has 0 bridgehead atoms. The van der Waals surface area contributed by atoms with Crippen LogP contribution in [0.5, 0.6) is 0 Å². The van der Waals surface area contributed by atoms with Crippen LogP contribution in [-0.2, 0) is 6.54 Å². The minimum Gasteiger partial charge on any atom is -0.371 e. The molecule has 2 aliphatic rings. The van der Waals surface area contributed by atoms with Crippen LogP contribution in [0.15, 0.2) is 58.7 Å². The number of benzene rings is 2. The summed E-state index contributed by atoms with van der Waals surface area (Å²) >= 11 is 6.09. The van der Waals surface area contributed by atoms with Crippen molar-refractivity contribution < 1.29 is 4.79 Å². The smallest absolute Gasteiger partial charge is 0.353 e. The molecule has 2 amide bonds. The first-order valence-electron chi connectivity index (χ1n) is 10.4. The molecule has 7 N–H and O–H groups in total. The van der Waals surface area contributed by atoms with Gasteiger partial charge in [-0.2, -0.15) is 5.53 Å². The quantitative estimate of drug-likeness (QED) is 0.177. The average Bonchev–Trinajstić information content (AvgIpc) is 2.80. The number of hydrogen-bond acceptors (Lipinski definition) is 8. The number of halogens is 1. The highest BCUT2D eigenvalue weighted by Gasteiger charge is 2.44. The van der Waals surface area contributed by atoms with Crippen molar-refractivity contribution in [1.82, 2.24) is 21.3 Å². The maximum absolute atomic E-state index is 11.9. The molecule has 0 aromatic heterocycles. The van der Waals surface area contributed by atoms with E-state index in [1.165, 1.54) is 0 Å². The molecule has 0 radical (unpaired) electrons. The second-order valence-corrected chi connectivity index (χ2v) is 8.40. The lowest BCUT2D eigenvalue weighted by Gasteiger charge is -2.45. The molecule has 1 aliphatic carbocycles. The van der Waals surface area contributed by atoms with Crippen molar-refractivity contribution in [2.45, 2.75) is 43.8 Å². The van der Waals surface area contributed by atoms with Gasteiger partial charge in [-0.25, -0.2) is 26.5 Å². The number of nitrogens with two attached hydrogens (primary N) is 1. The monoisotopic (exact) mass is 455 g/mol. The van der Waals surface area contributed by atoms with Gasteiger partial charge in [0.15, 0.2) is 0 Å². The molecule has 10 nitrogen and oxygen atoms in total. The Bertz CT molecular complexity index is 1020. The lowest BCUT2D eigenvalue weighted by molar-refractivity contribution is 0.148. The Morgan fingerprint density at radius 1 is 1.28 bits per heavy atom. The van der Waals surface area contributed by atoms with Gasteiger partial charge >= 0.3 is 6.03 Å². The summed E-state index contributed by atoms with van der Waals surface area (Å²) in [5.74, 6) is 6.75. The van der Waals surface area contributed by atoms with Gasteiger partial charge in [0.1, 0.15) is 5.84 Å². The Labute approximate surface area is 191 Å². The second kappa shape index (κ2) is 9.51. The summed E-state index contributed by atoms with van der Waals surface area (Å²) in [5.41, 5.74) is 17.9. The number of nitrogens with zero attached hydrogens (tertiary/aromatic N) is 3. The Kier molecular flexibility index (Phi) is 6.54. The van der Waals surface area contributed by atoms with E-state index in [0.717, 1.165) is 40.6 Å². The second-order valence-electron chi connectivity index (χ2n) is 7.96. The fourth-order valence-corrected chi connectivity index (χ4v) is 4.47. The van der Waals surface area contributed by atoms with Gasteiger partial charge in [-0.15, -0.1) is 0 Å². The summed E-state index contributed by atoms with van der Waals surface area (Å²) in [5, 5.41) is 8.40. The Balaban J connectivity index is 1.48. The number of para-hydroxylation sites is 2. The molecule has 2 aromatic carbocycles. The van der Waals surface area contributed by atoms with Crippen LogP contribution in [0, 0.1) is 5.53 Å². The summed E-state index contributed by atoms with van der Waals surface area (Å²) in [6.45, 7) is 0.577. The van der Waals surface area contributed by atoms with Gasteiger partial charge in [0, 0.05) is 11.6 Å². The van der Waals surface area contributed by atoms with Crippen molar-refractivity contribution in [3.05, 3.63) is 59.1 Å². The molecule has 32 heavy (non-hydrogen) atoms. The Morgan fingerprint density at radius 3 is 2.81 bits per heavy atom. The number of nitrogens with one attached hydrogen (secondary N) is 5. The van der Waals surface area contributed by atoms with Gasteiger partial charge in [0.05, 0.1) is 23.0 Å². The van der Waals surface area contributed by atoms with Crippen LogP contribution >= 0.6 is 11.6 Å². The van der Waals surface area contributed by atoms with Crippen molar-refractivity contribution in [3.63, 3.8) is 0 Å². The van der Waals surface area contributed by atoms with Crippen LogP contribution in [0.2, 0.25) is 5.02 Å². The fraction of sp³-hybridized carbons (Fsp3) is 0.333. The molecule has 1 saturated carbocycles. The van der Waals surface area contributed by atoms with Crippen molar-refractivity contribution in [3.8, 4) is 0 Å². The van der Waals surface area contributed by atoms with Crippen LogP contribution in [0.25, 0.3) is 0 Å². The van der Waals surface area contributed by atoms with Crippen LogP contribution in [-0.4, -0.2) is 28.5 Å². The number of hydrazine groups is 2. The number of aliphatic imine (C=N–C) groups is 1. The van der Waals surface area contributed by atoms with Crippen molar-refractivity contribution >= 4 is 34.8 Å². The molecule has 4 rings (SSSR count). The van der Waals surface area contributed by atoms with Crippen LogP contribution in [0.1, 0.15) is 31.2 Å². The zero-order valence-corrected chi connectivity index (χ0v) is 18.2. The number of fused-ring (bicyclic) bond motifs is 1. The van der Waals surface area contributed by atoms with Gasteiger partial charge in [-0.3, -0.25) is 5.01 Å². The molecule has 1 spiro atoms. The summed E-state index contributed by atoms with van der Waals surface area (Å²) in [4.78, 5) is 16.8. The van der Waals surface area contributed by atoms with E-state index in [2.05, 4.69) is 26.8 Å². The molecule has 0 atom stereocenters. The number of rotatable bonds is 5. The van der Waals surface area contributed by atoms with Crippen molar-refractivity contribution in [2.75, 3.05) is 5.32 Å². The molecule has 1 aliphatic heterocycles. The van der Waals surface area contributed by atoms with E-state index in [9.17, 15) is 4.79 Å².